The molecule has 2 aromatic rings. The van der Waals surface area contributed by atoms with Gasteiger partial charge in [0.25, 0.3) is 5.91 Å². The van der Waals surface area contributed by atoms with Crippen molar-refractivity contribution in [1.82, 2.24) is 0 Å². The molecule has 0 aliphatic heterocycles. The highest BCUT2D eigenvalue weighted by Gasteiger charge is 2.13. The second-order valence-electron chi connectivity index (χ2n) is 5.16. The summed E-state index contributed by atoms with van der Waals surface area (Å²) in [5.41, 5.74) is 8.22. The first-order chi connectivity index (χ1) is 11.6. The number of benzene rings is 2. The molecule has 5 nitrogen and oxygen atoms in total. The number of nitrogens with two attached hydrogens (primary N) is 1. The third-order valence-electron chi connectivity index (χ3n) is 3.43. The van der Waals surface area contributed by atoms with Crippen LogP contribution >= 0.6 is 11.8 Å². The Morgan fingerprint density at radius 2 is 1.75 bits per heavy atom. The molecule has 24 heavy (non-hydrogen) atoms. The average molecular weight is 343 g/mol. The lowest BCUT2D eigenvalue weighted by molar-refractivity contribution is 0.101. The maximum Gasteiger partial charge on any atom is 0.255 e. The standard InChI is InChI=1S/C18H21N3O2S/c1-12(22)13-5-3-6-14(11-13)18(23)21-16-8-4-7-15(20-2)17(16)24-10-9-19/h3-8,11,20H,9-10,19H2,1-2H3,(H,21,23). The van der Waals surface area contributed by atoms with Crippen molar-refractivity contribution in [2.24, 2.45) is 5.73 Å². The topological polar surface area (TPSA) is 84.2 Å². The van der Waals surface area contributed by atoms with E-state index in [2.05, 4.69) is 10.6 Å². The molecule has 0 fully saturated rings. The third-order valence-corrected chi connectivity index (χ3v) is 4.60. The smallest absolute Gasteiger partial charge is 0.255 e. The number of Topliss-reactive ketones (excluding diaryl/α,β-unsaturated/α-hetero) is 1. The van der Waals surface area contributed by atoms with E-state index in [1.807, 2.05) is 25.2 Å². The molecule has 4 N–H and O–H groups in total. The average Bonchev–Trinajstić information content (AvgIpc) is 2.60. The molecule has 0 radical (unpaired) electrons. The summed E-state index contributed by atoms with van der Waals surface area (Å²) >= 11 is 1.59. The highest BCUT2D eigenvalue weighted by atomic mass is 32.2. The van der Waals surface area contributed by atoms with E-state index in [-0.39, 0.29) is 11.7 Å². The van der Waals surface area contributed by atoms with Gasteiger partial charge in [-0.3, -0.25) is 9.59 Å². The van der Waals surface area contributed by atoms with Crippen molar-refractivity contribution in [2.75, 3.05) is 30.0 Å². The van der Waals surface area contributed by atoms with Crippen molar-refractivity contribution in [3.63, 3.8) is 0 Å². The van der Waals surface area contributed by atoms with Crippen molar-refractivity contribution in [1.29, 1.82) is 0 Å². The number of hydrogen-bond donors (Lipinski definition) is 3. The molecule has 0 aliphatic carbocycles. The molecule has 0 aromatic heterocycles. The van der Waals surface area contributed by atoms with Gasteiger partial charge in [0.2, 0.25) is 0 Å². The van der Waals surface area contributed by atoms with Gasteiger partial charge in [-0.2, -0.15) is 0 Å². The van der Waals surface area contributed by atoms with Gasteiger partial charge in [-0.05, 0) is 31.2 Å². The van der Waals surface area contributed by atoms with Crippen LogP contribution in [0.15, 0.2) is 47.4 Å². The van der Waals surface area contributed by atoms with Crippen molar-refractivity contribution in [2.45, 2.75) is 11.8 Å². The summed E-state index contributed by atoms with van der Waals surface area (Å²) in [5, 5.41) is 6.05. The van der Waals surface area contributed by atoms with Crippen LogP contribution in [-0.4, -0.2) is 31.0 Å². The second-order valence-corrected chi connectivity index (χ2v) is 6.27. The van der Waals surface area contributed by atoms with Crippen molar-refractivity contribution >= 4 is 34.8 Å². The zero-order chi connectivity index (χ0) is 17.5. The predicted molar refractivity (Wildman–Crippen MR) is 100 cm³/mol. The van der Waals surface area contributed by atoms with Gasteiger partial charge in [0.1, 0.15) is 0 Å². The molecule has 1 amide bonds. The second kappa shape index (κ2) is 8.52. The number of carbonyl (C=O) groups is 2. The number of ketones is 1. The first kappa shape index (κ1) is 18.0. The highest BCUT2D eigenvalue weighted by molar-refractivity contribution is 7.99. The third kappa shape index (κ3) is 4.37. The molecular formula is C18H21N3O2S. The molecule has 0 atom stereocenters. The largest absolute Gasteiger partial charge is 0.387 e. The van der Waals surface area contributed by atoms with Crippen LogP contribution in [0, 0.1) is 0 Å². The van der Waals surface area contributed by atoms with Crippen molar-refractivity contribution in [3.8, 4) is 0 Å². The Hall–Kier alpha value is -2.31. The molecule has 0 bridgehead atoms. The Morgan fingerprint density at radius 1 is 1.08 bits per heavy atom. The Morgan fingerprint density at radius 3 is 2.42 bits per heavy atom. The van der Waals surface area contributed by atoms with Crippen LogP contribution in [0.3, 0.4) is 0 Å². The minimum atomic E-state index is -0.249. The number of amides is 1. The van der Waals surface area contributed by atoms with Crippen LogP contribution in [0.5, 0.6) is 0 Å². The van der Waals surface area contributed by atoms with E-state index >= 15 is 0 Å². The number of rotatable bonds is 7. The van der Waals surface area contributed by atoms with Gasteiger partial charge < -0.3 is 16.4 Å². The predicted octanol–water partition coefficient (Wildman–Crippen LogP) is 3.23. The van der Waals surface area contributed by atoms with Gasteiger partial charge in [0.15, 0.2) is 5.78 Å². The quantitative estimate of drug-likeness (QED) is 0.531. The molecule has 2 aromatic carbocycles. The number of anilines is 2. The first-order valence-corrected chi connectivity index (χ1v) is 8.61. The van der Waals surface area contributed by atoms with Crippen LogP contribution < -0.4 is 16.4 Å². The zero-order valence-electron chi connectivity index (χ0n) is 13.8. The van der Waals surface area contributed by atoms with Crippen LogP contribution in [0.25, 0.3) is 0 Å². The molecular weight excluding hydrogens is 322 g/mol. The van der Waals surface area contributed by atoms with E-state index in [9.17, 15) is 9.59 Å². The summed E-state index contributed by atoms with van der Waals surface area (Å²) in [5.74, 6) is 0.434. The monoisotopic (exact) mass is 343 g/mol. The normalized spacial score (nSPS) is 10.3. The zero-order valence-corrected chi connectivity index (χ0v) is 14.6. The molecule has 126 valence electrons. The molecule has 0 saturated heterocycles. The maximum absolute atomic E-state index is 12.5. The number of nitrogens with one attached hydrogen (secondary N) is 2. The van der Waals surface area contributed by atoms with E-state index in [1.165, 1.54) is 6.92 Å². The Labute approximate surface area is 146 Å². The first-order valence-electron chi connectivity index (χ1n) is 7.62. The highest BCUT2D eigenvalue weighted by Crippen LogP contribution is 2.34. The molecule has 2 rings (SSSR count). The summed E-state index contributed by atoms with van der Waals surface area (Å²) in [7, 11) is 1.84. The van der Waals surface area contributed by atoms with Crippen LogP contribution in [-0.2, 0) is 0 Å². The SMILES string of the molecule is CNc1cccc(NC(=O)c2cccc(C(C)=O)c2)c1SCCN. The van der Waals surface area contributed by atoms with Gasteiger partial charge in [-0.15, -0.1) is 11.8 Å². The van der Waals surface area contributed by atoms with Gasteiger partial charge in [-0.1, -0.05) is 18.2 Å². The number of carbonyl (C=O) groups excluding carboxylic acids is 2. The number of thioether (sulfide) groups is 1. The van der Waals surface area contributed by atoms with Crippen LogP contribution in [0.1, 0.15) is 27.6 Å². The van der Waals surface area contributed by atoms with Gasteiger partial charge in [-0.25, -0.2) is 0 Å². The molecule has 0 aliphatic rings. The fraction of sp³-hybridized carbons (Fsp3) is 0.222. The molecule has 0 heterocycles. The van der Waals surface area contributed by atoms with E-state index in [4.69, 9.17) is 5.73 Å². The van der Waals surface area contributed by atoms with E-state index in [0.29, 0.717) is 17.7 Å². The lowest BCUT2D eigenvalue weighted by atomic mass is 10.1. The Kier molecular flexibility index (Phi) is 6.40. The summed E-state index contributed by atoms with van der Waals surface area (Å²) < 4.78 is 0. The van der Waals surface area contributed by atoms with Crippen molar-refractivity contribution < 1.29 is 9.59 Å². The molecule has 6 heteroatoms. The summed E-state index contributed by atoms with van der Waals surface area (Å²) in [6.45, 7) is 2.03. The lowest BCUT2D eigenvalue weighted by Crippen LogP contribution is -2.14. The molecule has 0 saturated carbocycles. The van der Waals surface area contributed by atoms with Crippen LogP contribution in [0.2, 0.25) is 0 Å². The fourth-order valence-corrected chi connectivity index (χ4v) is 3.14. The molecule has 0 spiro atoms. The number of hydrogen-bond acceptors (Lipinski definition) is 5. The summed E-state index contributed by atoms with van der Waals surface area (Å²) in [6, 6.07) is 12.4. The Bertz CT molecular complexity index is 747. The van der Waals surface area contributed by atoms with Crippen molar-refractivity contribution in [3.05, 3.63) is 53.6 Å². The van der Waals surface area contributed by atoms with E-state index in [0.717, 1.165) is 22.0 Å². The van der Waals surface area contributed by atoms with Gasteiger partial charge >= 0.3 is 0 Å². The van der Waals surface area contributed by atoms with E-state index in [1.54, 1.807) is 36.0 Å². The van der Waals surface area contributed by atoms with E-state index < -0.39 is 0 Å². The fourth-order valence-electron chi connectivity index (χ4n) is 2.22. The van der Waals surface area contributed by atoms with Crippen LogP contribution in [0.4, 0.5) is 11.4 Å². The molecule has 0 unspecified atom stereocenters. The minimum Gasteiger partial charge on any atom is -0.387 e. The van der Waals surface area contributed by atoms with Gasteiger partial charge in [0.05, 0.1) is 10.6 Å². The van der Waals surface area contributed by atoms with Gasteiger partial charge in [0, 0.05) is 36.2 Å². The minimum absolute atomic E-state index is 0.0685. The maximum atomic E-state index is 12.5. The lowest BCUT2D eigenvalue weighted by Gasteiger charge is -2.15. The Balaban J connectivity index is 2.28. The summed E-state index contributed by atoms with van der Waals surface area (Å²) in [4.78, 5) is 25.0. The summed E-state index contributed by atoms with van der Waals surface area (Å²) in [6.07, 6.45) is 0.